The third kappa shape index (κ3) is 4.04. The van der Waals surface area contributed by atoms with Crippen LogP contribution in [-0.4, -0.2) is 41.3 Å². The van der Waals surface area contributed by atoms with E-state index in [2.05, 4.69) is 34.9 Å². The van der Waals surface area contributed by atoms with E-state index in [1.807, 2.05) is 24.3 Å². The van der Waals surface area contributed by atoms with Crippen molar-refractivity contribution in [3.8, 4) is 11.1 Å². The quantitative estimate of drug-likeness (QED) is 0.549. The number of hydrogen-bond donors (Lipinski definition) is 3. The smallest absolute Gasteiger partial charge is 0.408 e. The van der Waals surface area contributed by atoms with E-state index in [1.165, 1.54) is 0 Å². The highest BCUT2D eigenvalue weighted by Crippen LogP contribution is 2.45. The van der Waals surface area contributed by atoms with Crippen LogP contribution in [0.1, 0.15) is 56.1 Å². The Bertz CT molecular complexity index is 1080. The average molecular weight is 463 g/mol. The predicted octanol–water partition coefficient (Wildman–Crippen LogP) is 4.06. The van der Waals surface area contributed by atoms with E-state index in [1.54, 1.807) is 6.92 Å². The summed E-state index contributed by atoms with van der Waals surface area (Å²) in [4.78, 5) is 37.8. The lowest BCUT2D eigenvalue weighted by molar-refractivity contribution is -0.145. The van der Waals surface area contributed by atoms with Crippen molar-refractivity contribution in [2.45, 2.75) is 56.5 Å². The van der Waals surface area contributed by atoms with Gasteiger partial charge in [0.1, 0.15) is 18.2 Å². The molecule has 3 aliphatic rings. The number of hydrogen-bond acceptors (Lipinski definition) is 4. The fourth-order valence-corrected chi connectivity index (χ4v) is 5.30. The molecule has 2 amide bonds. The summed E-state index contributed by atoms with van der Waals surface area (Å²) in [5.41, 5.74) is 3.31. The molecule has 2 aromatic carbocycles. The van der Waals surface area contributed by atoms with Gasteiger partial charge in [0.2, 0.25) is 5.91 Å². The maximum Gasteiger partial charge on any atom is 0.408 e. The second kappa shape index (κ2) is 8.78. The molecule has 0 aliphatic heterocycles. The molecular weight excluding hydrogens is 432 g/mol. The number of benzene rings is 2. The summed E-state index contributed by atoms with van der Waals surface area (Å²) in [6, 6.07) is 15.3. The van der Waals surface area contributed by atoms with E-state index in [0.717, 1.165) is 54.4 Å². The maximum absolute atomic E-state index is 13.2. The van der Waals surface area contributed by atoms with Crippen LogP contribution >= 0.6 is 0 Å². The molecule has 2 fully saturated rings. The summed E-state index contributed by atoms with van der Waals surface area (Å²) < 4.78 is 5.65. The van der Waals surface area contributed by atoms with Crippen LogP contribution in [0.15, 0.2) is 48.5 Å². The third-order valence-electron chi connectivity index (χ3n) is 7.74. The highest BCUT2D eigenvalue weighted by atomic mass is 16.5. The number of aliphatic carboxylic acids is 1. The Hall–Kier alpha value is -3.35. The van der Waals surface area contributed by atoms with E-state index in [-0.39, 0.29) is 24.4 Å². The summed E-state index contributed by atoms with van der Waals surface area (Å²) in [5, 5.41) is 15.1. The molecule has 7 nitrogen and oxygen atoms in total. The van der Waals surface area contributed by atoms with Crippen LogP contribution in [0.3, 0.4) is 0 Å². The second-order valence-electron chi connectivity index (χ2n) is 9.91. The standard InChI is InChI=1S/C27H30N2O5/c1-27(17-13-14-17,25(32)28-23(24(30)31)16-7-6-8-16)29-26(33)34-15-22-20-11-4-2-9-18(20)19-10-3-5-12-21(19)22/h2-5,9-12,16-17,22-23H,6-8,13-15H2,1H3,(H,28,32)(H,29,33)(H,30,31). The molecule has 0 heterocycles. The lowest BCUT2D eigenvalue weighted by atomic mass is 9.79. The van der Waals surface area contributed by atoms with E-state index in [4.69, 9.17) is 4.74 Å². The monoisotopic (exact) mass is 462 g/mol. The SMILES string of the molecule is CC(NC(=O)OCC1c2ccccc2-c2ccccc21)(C(=O)NC(C(=O)O)C1CCC1)C1CC1. The normalized spacial score (nSPS) is 19.7. The lowest BCUT2D eigenvalue weighted by Crippen LogP contribution is -2.62. The molecule has 0 saturated heterocycles. The van der Waals surface area contributed by atoms with Crippen molar-refractivity contribution in [1.29, 1.82) is 0 Å². The first-order valence-corrected chi connectivity index (χ1v) is 12.1. The van der Waals surface area contributed by atoms with Crippen LogP contribution < -0.4 is 10.6 Å². The number of rotatable bonds is 8. The molecule has 34 heavy (non-hydrogen) atoms. The molecule has 2 unspecified atom stereocenters. The zero-order valence-electron chi connectivity index (χ0n) is 19.3. The lowest BCUT2D eigenvalue weighted by Gasteiger charge is -2.35. The van der Waals surface area contributed by atoms with Gasteiger partial charge in [-0.15, -0.1) is 0 Å². The van der Waals surface area contributed by atoms with Crippen molar-refractivity contribution >= 4 is 18.0 Å². The summed E-state index contributed by atoms with van der Waals surface area (Å²) in [7, 11) is 0. The second-order valence-corrected chi connectivity index (χ2v) is 9.91. The Morgan fingerprint density at radius 3 is 2.09 bits per heavy atom. The largest absolute Gasteiger partial charge is 0.480 e. The molecule has 7 heteroatoms. The molecular formula is C27H30N2O5. The van der Waals surface area contributed by atoms with Crippen LogP contribution in [-0.2, 0) is 14.3 Å². The molecule has 0 bridgehead atoms. The van der Waals surface area contributed by atoms with Gasteiger partial charge in [-0.2, -0.15) is 0 Å². The van der Waals surface area contributed by atoms with Gasteiger partial charge in [0, 0.05) is 5.92 Å². The van der Waals surface area contributed by atoms with E-state index < -0.39 is 29.6 Å². The molecule has 2 aromatic rings. The van der Waals surface area contributed by atoms with Gasteiger partial charge in [-0.3, -0.25) is 4.79 Å². The molecule has 3 aliphatic carbocycles. The average Bonchev–Trinajstić information content (AvgIpc) is 3.60. The van der Waals surface area contributed by atoms with Gasteiger partial charge in [0.15, 0.2) is 0 Å². The molecule has 5 rings (SSSR count). The number of carbonyl (C=O) groups excluding carboxylic acids is 2. The van der Waals surface area contributed by atoms with E-state index in [0.29, 0.717) is 0 Å². The van der Waals surface area contributed by atoms with Crippen molar-refractivity contribution in [2.24, 2.45) is 11.8 Å². The number of nitrogens with one attached hydrogen (secondary N) is 2. The van der Waals surface area contributed by atoms with Crippen LogP contribution in [0.5, 0.6) is 0 Å². The maximum atomic E-state index is 13.2. The number of amides is 2. The Kier molecular flexibility index (Phi) is 5.80. The topological polar surface area (TPSA) is 105 Å². The number of alkyl carbamates (subject to hydrolysis) is 1. The first kappa shape index (κ1) is 22.4. The van der Waals surface area contributed by atoms with Gasteiger partial charge in [-0.1, -0.05) is 55.0 Å². The predicted molar refractivity (Wildman–Crippen MR) is 126 cm³/mol. The van der Waals surface area contributed by atoms with Gasteiger partial charge < -0.3 is 20.5 Å². The Morgan fingerprint density at radius 1 is 1.00 bits per heavy atom. The number of fused-ring (bicyclic) bond motifs is 3. The highest BCUT2D eigenvalue weighted by Gasteiger charge is 2.50. The van der Waals surface area contributed by atoms with Gasteiger partial charge in [0.25, 0.3) is 0 Å². The van der Waals surface area contributed by atoms with E-state index in [9.17, 15) is 19.5 Å². The van der Waals surface area contributed by atoms with E-state index >= 15 is 0 Å². The molecule has 3 N–H and O–H groups in total. The van der Waals surface area contributed by atoms with Gasteiger partial charge in [0.05, 0.1) is 0 Å². The minimum absolute atomic E-state index is 0.0381. The molecule has 178 valence electrons. The summed E-state index contributed by atoms with van der Waals surface area (Å²) >= 11 is 0. The fourth-order valence-electron chi connectivity index (χ4n) is 5.30. The zero-order chi connectivity index (χ0) is 23.9. The summed E-state index contributed by atoms with van der Waals surface area (Å²) in [6.45, 7) is 1.82. The number of carbonyl (C=O) groups is 3. The summed E-state index contributed by atoms with van der Waals surface area (Å²) in [6.07, 6.45) is 3.49. The third-order valence-corrected chi connectivity index (χ3v) is 7.74. The summed E-state index contributed by atoms with van der Waals surface area (Å²) in [5.74, 6) is -1.66. The van der Waals surface area contributed by atoms with Crippen LogP contribution in [0.2, 0.25) is 0 Å². The highest BCUT2D eigenvalue weighted by molar-refractivity contribution is 5.93. The molecule has 2 atom stereocenters. The van der Waals surface area contributed by atoms with Crippen molar-refractivity contribution < 1.29 is 24.2 Å². The first-order valence-electron chi connectivity index (χ1n) is 12.1. The van der Waals surface area contributed by atoms with Gasteiger partial charge in [-0.25, -0.2) is 9.59 Å². The minimum atomic E-state index is -1.21. The van der Waals surface area contributed by atoms with Crippen LogP contribution in [0.25, 0.3) is 11.1 Å². The van der Waals surface area contributed by atoms with Crippen molar-refractivity contribution in [3.63, 3.8) is 0 Å². The van der Waals surface area contributed by atoms with Crippen molar-refractivity contribution in [3.05, 3.63) is 59.7 Å². The number of carboxylic acids is 1. The zero-order valence-corrected chi connectivity index (χ0v) is 19.3. The number of carboxylic acid groups (broad SMARTS) is 1. The molecule has 0 spiro atoms. The first-order chi connectivity index (χ1) is 16.4. The minimum Gasteiger partial charge on any atom is -0.480 e. The van der Waals surface area contributed by atoms with Gasteiger partial charge in [-0.05, 0) is 66.7 Å². The Morgan fingerprint density at radius 2 is 1.59 bits per heavy atom. The van der Waals surface area contributed by atoms with Crippen LogP contribution in [0.4, 0.5) is 4.79 Å². The van der Waals surface area contributed by atoms with Crippen molar-refractivity contribution in [1.82, 2.24) is 10.6 Å². The number of ether oxygens (including phenoxy) is 1. The van der Waals surface area contributed by atoms with Gasteiger partial charge >= 0.3 is 12.1 Å². The fraction of sp³-hybridized carbons (Fsp3) is 0.444. The molecule has 2 saturated carbocycles. The van der Waals surface area contributed by atoms with Crippen molar-refractivity contribution in [2.75, 3.05) is 6.61 Å². The molecule has 0 radical (unpaired) electrons. The van der Waals surface area contributed by atoms with Crippen LogP contribution in [0, 0.1) is 11.8 Å². The molecule has 0 aromatic heterocycles. The Labute approximate surface area is 198 Å². The Balaban J connectivity index is 1.27.